The summed E-state index contributed by atoms with van der Waals surface area (Å²) in [5.41, 5.74) is 2.20. The SMILES string of the molecule is COc1cccc(CN(C)CCNC(=O)c2nc3ccc(F)cc3[nH]2)c1. The Morgan fingerprint density at radius 3 is 2.96 bits per heavy atom. The number of hydrogen-bond acceptors (Lipinski definition) is 4. The number of aromatic nitrogens is 2. The van der Waals surface area contributed by atoms with Gasteiger partial charge in [0.1, 0.15) is 11.6 Å². The highest BCUT2D eigenvalue weighted by Gasteiger charge is 2.11. The van der Waals surface area contributed by atoms with Gasteiger partial charge < -0.3 is 19.9 Å². The van der Waals surface area contributed by atoms with E-state index in [9.17, 15) is 9.18 Å². The molecule has 3 rings (SSSR count). The molecule has 0 aliphatic heterocycles. The number of nitrogens with one attached hydrogen (secondary N) is 2. The second kappa shape index (κ2) is 7.97. The van der Waals surface area contributed by atoms with E-state index in [1.54, 1.807) is 13.2 Å². The fourth-order valence-corrected chi connectivity index (χ4v) is 2.69. The number of nitrogens with zero attached hydrogens (tertiary/aromatic N) is 2. The topological polar surface area (TPSA) is 70.2 Å². The van der Waals surface area contributed by atoms with E-state index in [0.29, 0.717) is 24.1 Å². The van der Waals surface area contributed by atoms with Crippen molar-refractivity contribution in [2.24, 2.45) is 0 Å². The lowest BCUT2D eigenvalue weighted by Gasteiger charge is -2.17. The van der Waals surface area contributed by atoms with Crippen molar-refractivity contribution in [3.8, 4) is 5.75 Å². The molecule has 0 atom stereocenters. The van der Waals surface area contributed by atoms with Crippen LogP contribution in [-0.2, 0) is 6.54 Å². The number of amides is 1. The van der Waals surface area contributed by atoms with Gasteiger partial charge in [0, 0.05) is 19.6 Å². The van der Waals surface area contributed by atoms with Crippen LogP contribution in [0.25, 0.3) is 11.0 Å². The van der Waals surface area contributed by atoms with Crippen LogP contribution in [0.4, 0.5) is 4.39 Å². The normalized spacial score (nSPS) is 11.1. The van der Waals surface area contributed by atoms with Crippen molar-refractivity contribution < 1.29 is 13.9 Å². The number of halogens is 1. The van der Waals surface area contributed by atoms with Crippen LogP contribution in [0.3, 0.4) is 0 Å². The molecule has 1 aromatic heterocycles. The zero-order chi connectivity index (χ0) is 18.5. The van der Waals surface area contributed by atoms with Gasteiger partial charge in [-0.1, -0.05) is 12.1 Å². The summed E-state index contributed by atoms with van der Waals surface area (Å²) >= 11 is 0. The lowest BCUT2D eigenvalue weighted by molar-refractivity contribution is 0.0940. The molecule has 0 aliphatic rings. The van der Waals surface area contributed by atoms with Crippen molar-refractivity contribution in [1.29, 1.82) is 0 Å². The summed E-state index contributed by atoms with van der Waals surface area (Å²) in [5.74, 6) is 0.329. The van der Waals surface area contributed by atoms with Gasteiger partial charge in [-0.15, -0.1) is 0 Å². The van der Waals surface area contributed by atoms with E-state index < -0.39 is 0 Å². The predicted molar refractivity (Wildman–Crippen MR) is 97.7 cm³/mol. The maximum Gasteiger partial charge on any atom is 0.287 e. The van der Waals surface area contributed by atoms with E-state index in [-0.39, 0.29) is 17.5 Å². The summed E-state index contributed by atoms with van der Waals surface area (Å²) in [5, 5.41) is 2.82. The van der Waals surface area contributed by atoms with Crippen molar-refractivity contribution in [2.45, 2.75) is 6.54 Å². The van der Waals surface area contributed by atoms with Crippen LogP contribution in [0.15, 0.2) is 42.5 Å². The molecule has 0 saturated heterocycles. The van der Waals surface area contributed by atoms with Gasteiger partial charge in [0.2, 0.25) is 0 Å². The number of methoxy groups -OCH3 is 1. The molecule has 26 heavy (non-hydrogen) atoms. The van der Waals surface area contributed by atoms with E-state index in [4.69, 9.17) is 4.74 Å². The molecule has 0 radical (unpaired) electrons. The van der Waals surface area contributed by atoms with Crippen molar-refractivity contribution in [3.05, 3.63) is 59.7 Å². The van der Waals surface area contributed by atoms with Crippen molar-refractivity contribution >= 4 is 16.9 Å². The monoisotopic (exact) mass is 356 g/mol. The highest BCUT2D eigenvalue weighted by molar-refractivity contribution is 5.94. The Kier molecular flexibility index (Phi) is 5.48. The molecule has 3 aromatic rings. The highest BCUT2D eigenvalue weighted by Crippen LogP contribution is 2.14. The maximum atomic E-state index is 13.2. The average molecular weight is 356 g/mol. The summed E-state index contributed by atoms with van der Waals surface area (Å²) < 4.78 is 18.4. The quantitative estimate of drug-likeness (QED) is 0.683. The largest absolute Gasteiger partial charge is 0.497 e. The van der Waals surface area contributed by atoms with Gasteiger partial charge in [0.05, 0.1) is 18.1 Å². The van der Waals surface area contributed by atoms with Crippen LogP contribution in [0.2, 0.25) is 0 Å². The summed E-state index contributed by atoms with van der Waals surface area (Å²) in [4.78, 5) is 21.3. The number of benzene rings is 2. The number of ether oxygens (including phenoxy) is 1. The minimum Gasteiger partial charge on any atom is -0.497 e. The van der Waals surface area contributed by atoms with Gasteiger partial charge in [-0.3, -0.25) is 4.79 Å². The van der Waals surface area contributed by atoms with Gasteiger partial charge in [-0.25, -0.2) is 9.37 Å². The molecule has 0 saturated carbocycles. The first-order valence-corrected chi connectivity index (χ1v) is 8.30. The molecule has 2 N–H and O–H groups in total. The summed E-state index contributed by atoms with van der Waals surface area (Å²) in [6, 6.07) is 12.1. The van der Waals surface area contributed by atoms with Gasteiger partial charge in [-0.05, 0) is 42.9 Å². The molecule has 1 heterocycles. The van der Waals surface area contributed by atoms with Crippen molar-refractivity contribution in [1.82, 2.24) is 20.2 Å². The molecule has 7 heteroatoms. The first-order chi connectivity index (χ1) is 12.5. The molecule has 6 nitrogen and oxygen atoms in total. The number of hydrogen-bond donors (Lipinski definition) is 2. The molecule has 2 aromatic carbocycles. The molecule has 0 spiro atoms. The molecule has 0 fully saturated rings. The average Bonchev–Trinajstić information content (AvgIpc) is 3.05. The van der Waals surface area contributed by atoms with Crippen LogP contribution in [0.1, 0.15) is 16.2 Å². The van der Waals surface area contributed by atoms with Gasteiger partial charge in [-0.2, -0.15) is 0 Å². The van der Waals surface area contributed by atoms with Gasteiger partial charge in [0.15, 0.2) is 5.82 Å². The predicted octanol–water partition coefficient (Wildman–Crippen LogP) is 2.57. The van der Waals surface area contributed by atoms with Crippen molar-refractivity contribution in [3.63, 3.8) is 0 Å². The maximum absolute atomic E-state index is 13.2. The van der Waals surface area contributed by atoms with E-state index in [1.807, 2.05) is 31.3 Å². The Morgan fingerprint density at radius 2 is 2.15 bits per heavy atom. The Morgan fingerprint density at radius 1 is 1.31 bits per heavy atom. The smallest absolute Gasteiger partial charge is 0.287 e. The minimum atomic E-state index is -0.368. The minimum absolute atomic E-state index is 0.182. The summed E-state index contributed by atoms with van der Waals surface area (Å²) in [6.45, 7) is 1.90. The fourth-order valence-electron chi connectivity index (χ4n) is 2.69. The molecule has 1 amide bonds. The molecular weight excluding hydrogens is 335 g/mol. The van der Waals surface area contributed by atoms with Crippen molar-refractivity contribution in [2.75, 3.05) is 27.2 Å². The number of rotatable bonds is 7. The number of imidazole rings is 1. The Labute approximate surface area is 151 Å². The number of fused-ring (bicyclic) bond motifs is 1. The van der Waals surface area contributed by atoms with Gasteiger partial charge in [0.25, 0.3) is 5.91 Å². The summed E-state index contributed by atoms with van der Waals surface area (Å²) in [7, 11) is 3.63. The molecule has 0 bridgehead atoms. The third kappa shape index (κ3) is 4.37. The molecule has 0 unspecified atom stereocenters. The van der Waals surface area contributed by atoms with Crippen LogP contribution < -0.4 is 10.1 Å². The summed E-state index contributed by atoms with van der Waals surface area (Å²) in [6.07, 6.45) is 0. The van der Waals surface area contributed by atoms with E-state index in [1.165, 1.54) is 12.1 Å². The number of likely N-dealkylation sites (N-methyl/N-ethyl adjacent to an activating group) is 1. The standard InChI is InChI=1S/C19H21FN4O2/c1-24(12-13-4-3-5-15(10-13)26-2)9-8-21-19(25)18-22-16-7-6-14(20)11-17(16)23-18/h3-7,10-11H,8-9,12H2,1-2H3,(H,21,25)(H,22,23). The van der Waals surface area contributed by atoms with Gasteiger partial charge >= 0.3 is 0 Å². The van der Waals surface area contributed by atoms with E-state index in [2.05, 4.69) is 20.2 Å². The number of carbonyl (C=O) groups is 1. The van der Waals surface area contributed by atoms with Crippen LogP contribution in [0.5, 0.6) is 5.75 Å². The Balaban J connectivity index is 1.50. The molecule has 0 aliphatic carbocycles. The Bertz CT molecular complexity index is 909. The lowest BCUT2D eigenvalue weighted by Crippen LogP contribution is -2.33. The van der Waals surface area contributed by atoms with E-state index in [0.717, 1.165) is 17.9 Å². The number of H-pyrrole nitrogens is 1. The number of carbonyl (C=O) groups excluding carboxylic acids is 1. The first-order valence-electron chi connectivity index (χ1n) is 8.30. The second-order valence-corrected chi connectivity index (χ2v) is 6.09. The lowest BCUT2D eigenvalue weighted by atomic mass is 10.2. The van der Waals surface area contributed by atoms with Crippen LogP contribution >= 0.6 is 0 Å². The fraction of sp³-hybridized carbons (Fsp3) is 0.263. The zero-order valence-electron chi connectivity index (χ0n) is 14.8. The Hall–Kier alpha value is -2.93. The number of aromatic amines is 1. The molecular formula is C19H21FN4O2. The molecule has 136 valence electrons. The van der Waals surface area contributed by atoms with Crippen LogP contribution in [0, 0.1) is 5.82 Å². The van der Waals surface area contributed by atoms with E-state index >= 15 is 0 Å². The highest BCUT2D eigenvalue weighted by atomic mass is 19.1. The third-order valence-electron chi connectivity index (χ3n) is 4.02. The third-order valence-corrected chi connectivity index (χ3v) is 4.02. The second-order valence-electron chi connectivity index (χ2n) is 6.09. The van der Waals surface area contributed by atoms with Crippen LogP contribution in [-0.4, -0.2) is 48.0 Å². The first kappa shape index (κ1) is 17.9. The zero-order valence-corrected chi connectivity index (χ0v) is 14.8.